The van der Waals surface area contributed by atoms with Gasteiger partial charge in [0.15, 0.2) is 0 Å². The first-order valence-electron chi connectivity index (χ1n) is 15.1. The van der Waals surface area contributed by atoms with Gasteiger partial charge in [0, 0.05) is 34.5 Å². The Morgan fingerprint density at radius 3 is 2.04 bits per heavy atom. The van der Waals surface area contributed by atoms with E-state index in [1.54, 1.807) is 30.3 Å². The van der Waals surface area contributed by atoms with Crippen molar-refractivity contribution in [3.8, 4) is 34.3 Å². The smallest absolute Gasteiger partial charge is 0.417 e. The molecular weight excluding hydrogens is 603 g/mol. The van der Waals surface area contributed by atoms with Gasteiger partial charge in [0.25, 0.3) is 0 Å². The number of H-pyrrole nitrogens is 2. The van der Waals surface area contributed by atoms with E-state index < -0.39 is 11.7 Å². The average molecular weight is 638 g/mol. The average Bonchev–Trinajstić information content (AvgIpc) is 3.64. The van der Waals surface area contributed by atoms with Gasteiger partial charge < -0.3 is 25.8 Å². The van der Waals surface area contributed by atoms with Crippen molar-refractivity contribution < 1.29 is 17.9 Å². The minimum absolute atomic E-state index is 0.0419. The van der Waals surface area contributed by atoms with Crippen LogP contribution in [-0.2, 0) is 6.18 Å². The lowest BCUT2D eigenvalue weighted by Crippen LogP contribution is -2.20. The minimum Gasteiger partial charge on any atom is -0.457 e. The molecule has 6 aromatic rings. The SMILES string of the molecule is C=C(NC(C)C)c1ccc2nc(-c3ccc(Oc4ccc(-c5nc6ccc(C(N)=NC(C)C)cc6[nH]5)cc4)cc3C(F)(F)F)[nH]c2c1. The first-order chi connectivity index (χ1) is 22.3. The van der Waals surface area contributed by atoms with Crippen LogP contribution < -0.4 is 15.8 Å². The second kappa shape index (κ2) is 12.3. The molecule has 0 aliphatic carbocycles. The Bertz CT molecular complexity index is 2120. The summed E-state index contributed by atoms with van der Waals surface area (Å²) >= 11 is 0. The lowest BCUT2D eigenvalue weighted by molar-refractivity contribution is -0.137. The van der Waals surface area contributed by atoms with Gasteiger partial charge in [-0.1, -0.05) is 12.6 Å². The lowest BCUT2D eigenvalue weighted by Gasteiger charge is -2.14. The molecule has 0 radical (unpaired) electrons. The van der Waals surface area contributed by atoms with E-state index in [0.29, 0.717) is 34.1 Å². The molecule has 0 spiro atoms. The molecule has 0 aliphatic rings. The van der Waals surface area contributed by atoms with Crippen LogP contribution in [0.25, 0.3) is 50.5 Å². The van der Waals surface area contributed by atoms with Crippen molar-refractivity contribution in [3.63, 3.8) is 0 Å². The summed E-state index contributed by atoms with van der Waals surface area (Å²) < 4.78 is 48.8. The van der Waals surface area contributed by atoms with Crippen LogP contribution in [0.15, 0.2) is 90.4 Å². The first kappa shape index (κ1) is 31.4. The van der Waals surface area contributed by atoms with Crippen LogP contribution in [0.2, 0.25) is 0 Å². The molecule has 240 valence electrons. The minimum atomic E-state index is -4.65. The van der Waals surface area contributed by atoms with Gasteiger partial charge in [0.1, 0.15) is 29.0 Å². The fraction of sp³-hybridized carbons (Fsp3) is 0.194. The van der Waals surface area contributed by atoms with Gasteiger partial charge in [-0.25, -0.2) is 9.97 Å². The highest BCUT2D eigenvalue weighted by molar-refractivity contribution is 6.00. The topological polar surface area (TPSA) is 117 Å². The van der Waals surface area contributed by atoms with E-state index in [2.05, 4.69) is 36.8 Å². The summed E-state index contributed by atoms with van der Waals surface area (Å²) in [6, 6.07) is 22.1. The van der Waals surface area contributed by atoms with Gasteiger partial charge in [-0.05, 0) is 106 Å². The fourth-order valence-corrected chi connectivity index (χ4v) is 5.26. The quantitative estimate of drug-likeness (QED) is 0.0935. The number of alkyl halides is 3. The molecule has 0 atom stereocenters. The Morgan fingerprint density at radius 1 is 0.809 bits per heavy atom. The molecule has 2 heterocycles. The predicted molar refractivity (Wildman–Crippen MR) is 181 cm³/mol. The molecule has 0 fully saturated rings. The van der Waals surface area contributed by atoms with Crippen molar-refractivity contribution in [2.45, 2.75) is 46.0 Å². The van der Waals surface area contributed by atoms with Gasteiger partial charge in [-0.15, -0.1) is 0 Å². The molecule has 0 saturated carbocycles. The summed E-state index contributed by atoms with van der Waals surface area (Å²) in [5, 5.41) is 3.24. The van der Waals surface area contributed by atoms with Gasteiger partial charge in [0.2, 0.25) is 0 Å². The van der Waals surface area contributed by atoms with Crippen molar-refractivity contribution in [1.82, 2.24) is 25.3 Å². The Balaban J connectivity index is 1.23. The molecular formula is C36H34F3N7O. The zero-order valence-electron chi connectivity index (χ0n) is 26.3. The number of hydrogen-bond donors (Lipinski definition) is 4. The number of fused-ring (bicyclic) bond motifs is 2. The summed E-state index contributed by atoms with van der Waals surface area (Å²) in [5.41, 5.74) is 11.0. The van der Waals surface area contributed by atoms with Crippen LogP contribution >= 0.6 is 0 Å². The monoisotopic (exact) mass is 637 g/mol. The molecule has 2 aromatic heterocycles. The van der Waals surface area contributed by atoms with E-state index in [9.17, 15) is 13.2 Å². The molecule has 0 bridgehead atoms. The van der Waals surface area contributed by atoms with Crippen molar-refractivity contribution in [1.29, 1.82) is 0 Å². The normalized spacial score (nSPS) is 12.4. The number of nitrogens with one attached hydrogen (secondary N) is 3. The van der Waals surface area contributed by atoms with Gasteiger partial charge in [-0.3, -0.25) is 4.99 Å². The second-order valence-electron chi connectivity index (χ2n) is 11.9. The summed E-state index contributed by atoms with van der Waals surface area (Å²) in [6.45, 7) is 12.0. The number of amidine groups is 1. The van der Waals surface area contributed by atoms with Crippen molar-refractivity contribution in [3.05, 3.63) is 102 Å². The fourth-order valence-electron chi connectivity index (χ4n) is 5.26. The van der Waals surface area contributed by atoms with Gasteiger partial charge in [-0.2, -0.15) is 13.2 Å². The van der Waals surface area contributed by atoms with Crippen molar-refractivity contribution >= 4 is 33.6 Å². The van der Waals surface area contributed by atoms with Crippen LogP contribution in [0.1, 0.15) is 44.4 Å². The zero-order valence-corrected chi connectivity index (χ0v) is 26.3. The maximum absolute atomic E-state index is 14.3. The number of halogens is 3. The zero-order chi connectivity index (χ0) is 33.5. The largest absolute Gasteiger partial charge is 0.457 e. The summed E-state index contributed by atoms with van der Waals surface area (Å²) in [5.74, 6) is 1.60. The van der Waals surface area contributed by atoms with E-state index in [0.717, 1.165) is 33.8 Å². The molecule has 0 unspecified atom stereocenters. The molecule has 0 saturated heterocycles. The number of imidazole rings is 2. The number of rotatable bonds is 9. The maximum Gasteiger partial charge on any atom is 0.417 e. The molecule has 6 rings (SSSR count). The number of ether oxygens (including phenoxy) is 1. The standard InChI is InChI=1S/C36H34F3N7O/c1-19(2)41-21(5)23-8-14-30-31(16-23)46-35(44-30)27-13-12-26(18-28(27)36(37,38)39)47-25-10-6-22(7-11-25)34-43-29-15-9-24(17-32(29)45-34)33(40)42-20(3)4/h6-20,41H,5H2,1-4H3,(H2,40,42)(H,43,45)(H,44,46). The Hall–Kier alpha value is -5.58. The third-order valence-corrected chi connectivity index (χ3v) is 7.38. The second-order valence-corrected chi connectivity index (χ2v) is 11.9. The number of aromatic amines is 2. The van der Waals surface area contributed by atoms with E-state index >= 15 is 0 Å². The number of aromatic nitrogens is 4. The molecule has 0 aliphatic heterocycles. The molecule has 11 heteroatoms. The summed E-state index contributed by atoms with van der Waals surface area (Å²) in [4.78, 5) is 19.8. The van der Waals surface area contributed by atoms with Crippen LogP contribution in [0, 0.1) is 0 Å². The number of benzene rings is 4. The van der Waals surface area contributed by atoms with Gasteiger partial charge >= 0.3 is 6.18 Å². The highest BCUT2D eigenvalue weighted by Gasteiger charge is 2.35. The summed E-state index contributed by atoms with van der Waals surface area (Å²) in [7, 11) is 0. The third-order valence-electron chi connectivity index (χ3n) is 7.38. The van der Waals surface area contributed by atoms with Crippen LogP contribution in [0.5, 0.6) is 11.5 Å². The van der Waals surface area contributed by atoms with E-state index in [1.807, 2.05) is 58.0 Å². The number of nitrogens with two attached hydrogens (primary N) is 1. The van der Waals surface area contributed by atoms with E-state index in [-0.39, 0.29) is 29.2 Å². The molecule has 0 amide bonds. The Morgan fingerprint density at radius 2 is 1.40 bits per heavy atom. The highest BCUT2D eigenvalue weighted by Crippen LogP contribution is 2.40. The Labute approximate surface area is 269 Å². The molecule has 47 heavy (non-hydrogen) atoms. The van der Waals surface area contributed by atoms with Crippen LogP contribution in [-0.4, -0.2) is 37.9 Å². The van der Waals surface area contributed by atoms with Gasteiger partial charge in [0.05, 0.1) is 27.6 Å². The Kier molecular flexibility index (Phi) is 8.23. The molecule has 8 nitrogen and oxygen atoms in total. The molecule has 4 aromatic carbocycles. The number of aliphatic imine (C=N–C) groups is 1. The lowest BCUT2D eigenvalue weighted by atomic mass is 10.1. The third kappa shape index (κ3) is 6.84. The van der Waals surface area contributed by atoms with Crippen molar-refractivity contribution in [2.75, 3.05) is 0 Å². The number of hydrogen-bond acceptors (Lipinski definition) is 5. The molecule has 5 N–H and O–H groups in total. The van der Waals surface area contributed by atoms with Crippen LogP contribution in [0.4, 0.5) is 13.2 Å². The van der Waals surface area contributed by atoms with Crippen LogP contribution in [0.3, 0.4) is 0 Å². The number of nitrogens with zero attached hydrogens (tertiary/aromatic N) is 3. The van der Waals surface area contributed by atoms with Crippen molar-refractivity contribution in [2.24, 2.45) is 10.7 Å². The van der Waals surface area contributed by atoms with E-state index in [1.165, 1.54) is 12.1 Å². The maximum atomic E-state index is 14.3. The summed E-state index contributed by atoms with van der Waals surface area (Å²) in [6.07, 6.45) is -4.65. The predicted octanol–water partition coefficient (Wildman–Crippen LogP) is 8.67. The van der Waals surface area contributed by atoms with E-state index in [4.69, 9.17) is 10.5 Å². The first-order valence-corrected chi connectivity index (χ1v) is 15.1. The highest BCUT2D eigenvalue weighted by atomic mass is 19.4.